The molecule has 2 rings (SSSR count). The molecule has 0 atom stereocenters. The number of halogens is 1. The summed E-state index contributed by atoms with van der Waals surface area (Å²) in [5.41, 5.74) is 2.10. The maximum Gasteiger partial charge on any atom is 0.204 e. The third kappa shape index (κ3) is 3.15. The van der Waals surface area contributed by atoms with Crippen LogP contribution in [-0.4, -0.2) is 5.78 Å². The van der Waals surface area contributed by atoms with E-state index in [1.54, 1.807) is 0 Å². The number of hydrogen-bond acceptors (Lipinski definition) is 2. The zero-order valence-corrected chi connectivity index (χ0v) is 14.0. The Morgan fingerprint density at radius 1 is 1.16 bits per heavy atom. The number of ketones is 1. The van der Waals surface area contributed by atoms with Gasteiger partial charge < -0.3 is 0 Å². The monoisotopic (exact) mass is 336 g/mol. The van der Waals surface area contributed by atoms with Gasteiger partial charge in [0, 0.05) is 14.9 Å². The Morgan fingerprint density at radius 2 is 1.74 bits per heavy atom. The predicted octanol–water partition coefficient (Wildman–Crippen LogP) is 5.35. The highest BCUT2D eigenvalue weighted by atomic mass is 79.9. The van der Waals surface area contributed by atoms with Crippen molar-refractivity contribution < 1.29 is 4.79 Å². The molecular formula is C16H17BrOS. The van der Waals surface area contributed by atoms with E-state index in [9.17, 15) is 4.79 Å². The summed E-state index contributed by atoms with van der Waals surface area (Å²) in [6, 6.07) is 9.92. The summed E-state index contributed by atoms with van der Waals surface area (Å²) in [5, 5.41) is 0. The van der Waals surface area contributed by atoms with E-state index in [1.807, 2.05) is 37.3 Å². The number of thiophene rings is 1. The van der Waals surface area contributed by atoms with Gasteiger partial charge in [-0.3, -0.25) is 4.79 Å². The van der Waals surface area contributed by atoms with Crippen molar-refractivity contribution in [1.82, 2.24) is 0 Å². The maximum absolute atomic E-state index is 12.4. The first-order chi connectivity index (χ1) is 8.79. The number of carbonyl (C=O) groups excluding carboxylic acids is 1. The normalized spacial score (nSPS) is 11.6. The van der Waals surface area contributed by atoms with Crippen molar-refractivity contribution in [2.24, 2.45) is 0 Å². The molecule has 0 aliphatic carbocycles. The molecule has 1 aromatic heterocycles. The standard InChI is InChI=1S/C16H17BrOS/c1-10-9-13(17)15(19-10)14(18)11-5-7-12(8-6-11)16(2,3)4/h5-9H,1-4H3. The average molecular weight is 337 g/mol. The van der Waals surface area contributed by atoms with Gasteiger partial charge in [0.25, 0.3) is 0 Å². The first kappa shape index (κ1) is 14.5. The van der Waals surface area contributed by atoms with Gasteiger partial charge in [0.2, 0.25) is 5.78 Å². The molecule has 0 N–H and O–H groups in total. The van der Waals surface area contributed by atoms with Gasteiger partial charge >= 0.3 is 0 Å². The van der Waals surface area contributed by atoms with E-state index in [2.05, 4.69) is 36.7 Å². The zero-order valence-electron chi connectivity index (χ0n) is 11.6. The number of aryl methyl sites for hydroxylation is 1. The van der Waals surface area contributed by atoms with Crippen molar-refractivity contribution in [3.8, 4) is 0 Å². The van der Waals surface area contributed by atoms with E-state index in [4.69, 9.17) is 0 Å². The summed E-state index contributed by atoms with van der Waals surface area (Å²) in [6.07, 6.45) is 0. The molecule has 0 unspecified atom stereocenters. The maximum atomic E-state index is 12.4. The molecule has 19 heavy (non-hydrogen) atoms. The Hall–Kier alpha value is -0.930. The van der Waals surface area contributed by atoms with E-state index < -0.39 is 0 Å². The van der Waals surface area contributed by atoms with Crippen LogP contribution in [0.15, 0.2) is 34.8 Å². The molecule has 0 fully saturated rings. The smallest absolute Gasteiger partial charge is 0.204 e. The van der Waals surface area contributed by atoms with Crippen molar-refractivity contribution in [3.05, 3.63) is 55.7 Å². The minimum Gasteiger partial charge on any atom is -0.288 e. The topological polar surface area (TPSA) is 17.1 Å². The highest BCUT2D eigenvalue weighted by molar-refractivity contribution is 9.10. The van der Waals surface area contributed by atoms with E-state index in [1.165, 1.54) is 16.9 Å². The number of benzene rings is 1. The lowest BCUT2D eigenvalue weighted by Gasteiger charge is -2.18. The molecule has 0 spiro atoms. The van der Waals surface area contributed by atoms with Gasteiger partial charge in [-0.05, 0) is 39.9 Å². The van der Waals surface area contributed by atoms with E-state index in [0.717, 1.165) is 19.8 Å². The quantitative estimate of drug-likeness (QED) is 0.675. The van der Waals surface area contributed by atoms with E-state index in [0.29, 0.717) is 0 Å². The van der Waals surface area contributed by atoms with Crippen LogP contribution in [0, 0.1) is 6.92 Å². The molecule has 100 valence electrons. The second kappa shape index (κ2) is 5.22. The minimum absolute atomic E-state index is 0.0884. The Kier molecular flexibility index (Phi) is 3.98. The lowest BCUT2D eigenvalue weighted by atomic mass is 9.86. The van der Waals surface area contributed by atoms with E-state index >= 15 is 0 Å². The zero-order chi connectivity index (χ0) is 14.2. The molecule has 1 nitrogen and oxygen atoms in total. The second-order valence-electron chi connectivity index (χ2n) is 5.69. The molecule has 2 aromatic rings. The third-order valence-electron chi connectivity index (χ3n) is 3.03. The van der Waals surface area contributed by atoms with Crippen LogP contribution in [0.1, 0.15) is 46.4 Å². The van der Waals surface area contributed by atoms with Gasteiger partial charge in [-0.2, -0.15) is 0 Å². The highest BCUT2D eigenvalue weighted by Crippen LogP contribution is 2.30. The average Bonchev–Trinajstić information content (AvgIpc) is 2.66. The van der Waals surface area contributed by atoms with Crippen molar-refractivity contribution in [1.29, 1.82) is 0 Å². The van der Waals surface area contributed by atoms with Crippen LogP contribution < -0.4 is 0 Å². The molecule has 0 aliphatic heterocycles. The van der Waals surface area contributed by atoms with Crippen LogP contribution >= 0.6 is 27.3 Å². The SMILES string of the molecule is Cc1cc(Br)c(C(=O)c2ccc(C(C)(C)C)cc2)s1. The molecule has 1 heterocycles. The van der Waals surface area contributed by atoms with Crippen molar-refractivity contribution in [2.45, 2.75) is 33.1 Å². The molecule has 0 aliphatic rings. The van der Waals surface area contributed by atoms with Crippen LogP contribution in [0.4, 0.5) is 0 Å². The van der Waals surface area contributed by atoms with Crippen LogP contribution in [-0.2, 0) is 5.41 Å². The van der Waals surface area contributed by atoms with Crippen LogP contribution in [0.5, 0.6) is 0 Å². The summed E-state index contributed by atoms with van der Waals surface area (Å²) in [5.74, 6) is 0.0884. The summed E-state index contributed by atoms with van der Waals surface area (Å²) in [4.78, 5) is 14.3. The first-order valence-electron chi connectivity index (χ1n) is 6.20. The molecule has 0 saturated carbocycles. The van der Waals surface area contributed by atoms with Gasteiger partial charge in [-0.1, -0.05) is 45.0 Å². The fraction of sp³-hybridized carbons (Fsp3) is 0.312. The summed E-state index contributed by atoms with van der Waals surface area (Å²) < 4.78 is 0.889. The Morgan fingerprint density at radius 3 is 2.16 bits per heavy atom. The van der Waals surface area contributed by atoms with Crippen molar-refractivity contribution >= 4 is 33.0 Å². The van der Waals surface area contributed by atoms with Crippen molar-refractivity contribution in [3.63, 3.8) is 0 Å². The Bertz CT molecular complexity index is 603. The molecule has 0 bridgehead atoms. The highest BCUT2D eigenvalue weighted by Gasteiger charge is 2.17. The van der Waals surface area contributed by atoms with Gasteiger partial charge in [0.1, 0.15) is 0 Å². The number of carbonyl (C=O) groups is 1. The number of rotatable bonds is 2. The van der Waals surface area contributed by atoms with Gasteiger partial charge in [-0.15, -0.1) is 11.3 Å². The fourth-order valence-electron chi connectivity index (χ4n) is 1.89. The van der Waals surface area contributed by atoms with Gasteiger partial charge in [0.05, 0.1) is 4.88 Å². The second-order valence-corrected chi connectivity index (χ2v) is 7.80. The summed E-state index contributed by atoms with van der Waals surface area (Å²) in [6.45, 7) is 8.52. The Balaban J connectivity index is 2.33. The largest absolute Gasteiger partial charge is 0.288 e. The van der Waals surface area contributed by atoms with Crippen molar-refractivity contribution in [2.75, 3.05) is 0 Å². The summed E-state index contributed by atoms with van der Waals surface area (Å²) >= 11 is 4.98. The van der Waals surface area contributed by atoms with Gasteiger partial charge in [0.15, 0.2) is 0 Å². The molecule has 3 heteroatoms. The molecule has 0 saturated heterocycles. The summed E-state index contributed by atoms with van der Waals surface area (Å²) in [7, 11) is 0. The van der Waals surface area contributed by atoms with E-state index in [-0.39, 0.29) is 11.2 Å². The van der Waals surface area contributed by atoms with Crippen LogP contribution in [0.3, 0.4) is 0 Å². The lowest BCUT2D eigenvalue weighted by molar-refractivity contribution is 0.104. The van der Waals surface area contributed by atoms with Crippen LogP contribution in [0.25, 0.3) is 0 Å². The molecular weight excluding hydrogens is 320 g/mol. The number of hydrogen-bond donors (Lipinski definition) is 0. The lowest BCUT2D eigenvalue weighted by Crippen LogP contribution is -2.11. The molecule has 1 aromatic carbocycles. The van der Waals surface area contributed by atoms with Gasteiger partial charge in [-0.25, -0.2) is 0 Å². The first-order valence-corrected chi connectivity index (χ1v) is 7.81. The van der Waals surface area contributed by atoms with Crippen LogP contribution in [0.2, 0.25) is 0 Å². The third-order valence-corrected chi connectivity index (χ3v) is 4.97. The molecule has 0 amide bonds. The predicted molar refractivity (Wildman–Crippen MR) is 85.3 cm³/mol. The fourth-order valence-corrected chi connectivity index (χ4v) is 3.67. The Labute approximate surface area is 126 Å². The molecule has 0 radical (unpaired) electrons. The minimum atomic E-state index is 0.0884.